The third kappa shape index (κ3) is 5.52. The van der Waals surface area contributed by atoms with Crippen LogP contribution in [0.3, 0.4) is 0 Å². The first-order valence-electron chi connectivity index (χ1n) is 12.5. The van der Waals surface area contributed by atoms with Crippen molar-refractivity contribution in [1.82, 2.24) is 10.1 Å². The topological polar surface area (TPSA) is 68.0 Å². The molecule has 1 fully saturated rings. The van der Waals surface area contributed by atoms with E-state index in [0.29, 0.717) is 56.6 Å². The van der Waals surface area contributed by atoms with E-state index in [4.69, 9.17) is 14.0 Å². The van der Waals surface area contributed by atoms with E-state index >= 15 is 0 Å². The first-order chi connectivity index (χ1) is 18.1. The van der Waals surface area contributed by atoms with Gasteiger partial charge in [0.05, 0.1) is 38.0 Å². The van der Waals surface area contributed by atoms with Crippen molar-refractivity contribution in [2.24, 2.45) is 0 Å². The Bertz CT molecular complexity index is 1350. The maximum Gasteiger partial charge on any atom is 0.258 e. The Morgan fingerprint density at radius 1 is 0.973 bits per heavy atom. The molecule has 0 spiro atoms. The number of anilines is 1. The molecule has 3 aromatic carbocycles. The third-order valence-electron chi connectivity index (χ3n) is 6.55. The van der Waals surface area contributed by atoms with Crippen molar-refractivity contribution >= 4 is 11.8 Å². The highest BCUT2D eigenvalue weighted by Crippen LogP contribution is 2.34. The quantitative estimate of drug-likeness (QED) is 0.327. The van der Waals surface area contributed by atoms with Crippen LogP contribution in [0.25, 0.3) is 11.3 Å². The van der Waals surface area contributed by atoms with Crippen molar-refractivity contribution in [2.75, 3.05) is 38.3 Å². The number of ether oxygens (including phenoxy) is 2. The zero-order chi connectivity index (χ0) is 25.6. The second kappa shape index (κ2) is 11.3. The van der Waals surface area contributed by atoms with Crippen molar-refractivity contribution in [3.8, 4) is 17.0 Å². The summed E-state index contributed by atoms with van der Waals surface area (Å²) in [5.41, 5.74) is 5.27. The Hall–Kier alpha value is -4.10. The molecule has 0 atom stereocenters. The van der Waals surface area contributed by atoms with Crippen molar-refractivity contribution < 1.29 is 18.8 Å². The molecule has 1 amide bonds. The van der Waals surface area contributed by atoms with Gasteiger partial charge >= 0.3 is 0 Å². The summed E-state index contributed by atoms with van der Waals surface area (Å²) in [6.45, 7) is 5.45. The third-order valence-corrected chi connectivity index (χ3v) is 6.55. The highest BCUT2D eigenvalue weighted by atomic mass is 16.5. The molecule has 1 saturated heterocycles. The number of rotatable bonds is 8. The molecule has 4 aromatic rings. The Kier molecular flexibility index (Phi) is 7.51. The molecule has 190 valence electrons. The molecule has 0 saturated carbocycles. The van der Waals surface area contributed by atoms with Crippen LogP contribution in [-0.4, -0.2) is 49.4 Å². The van der Waals surface area contributed by atoms with Gasteiger partial charge in [0.15, 0.2) is 0 Å². The molecule has 1 aliphatic rings. The molecule has 0 radical (unpaired) electrons. The largest absolute Gasteiger partial charge is 0.496 e. The summed E-state index contributed by atoms with van der Waals surface area (Å²) in [4.78, 5) is 18.0. The van der Waals surface area contributed by atoms with E-state index in [1.807, 2.05) is 65.6 Å². The van der Waals surface area contributed by atoms with E-state index in [1.165, 1.54) is 0 Å². The summed E-state index contributed by atoms with van der Waals surface area (Å²) in [6, 6.07) is 25.5. The van der Waals surface area contributed by atoms with Gasteiger partial charge in [0.2, 0.25) is 5.88 Å². The van der Waals surface area contributed by atoms with Crippen LogP contribution >= 0.6 is 0 Å². The number of hydrogen-bond donors (Lipinski definition) is 0. The normalized spacial score (nSPS) is 13.4. The summed E-state index contributed by atoms with van der Waals surface area (Å²) >= 11 is 0. The highest BCUT2D eigenvalue weighted by molar-refractivity contribution is 5.97. The maximum atomic E-state index is 14.0. The molecule has 0 N–H and O–H groups in total. The minimum Gasteiger partial charge on any atom is -0.496 e. The van der Waals surface area contributed by atoms with E-state index in [9.17, 15) is 4.79 Å². The number of aryl methyl sites for hydroxylation is 1. The average molecular weight is 498 g/mol. The van der Waals surface area contributed by atoms with Crippen molar-refractivity contribution in [3.63, 3.8) is 0 Å². The number of aromatic nitrogens is 1. The van der Waals surface area contributed by atoms with Gasteiger partial charge in [0, 0.05) is 25.2 Å². The Balaban J connectivity index is 1.58. The van der Waals surface area contributed by atoms with Crippen molar-refractivity contribution in [2.45, 2.75) is 20.0 Å². The molecule has 1 aromatic heterocycles. The zero-order valence-corrected chi connectivity index (χ0v) is 21.2. The fraction of sp³-hybridized carbons (Fsp3) is 0.267. The standard InChI is InChI=1S/C30H31N3O4/c1-22-9-8-12-24(19-22)28-26(30(37-31-28)32-15-17-36-18-16-32)21-33(20-23-10-4-3-5-11-23)29(34)25-13-6-7-14-27(25)35-2/h3-14,19H,15-18,20-21H2,1-2H3. The van der Waals surface area contributed by atoms with Gasteiger partial charge in [-0.2, -0.15) is 0 Å². The van der Waals surface area contributed by atoms with Crippen LogP contribution in [0.5, 0.6) is 5.75 Å². The Morgan fingerprint density at radius 3 is 2.49 bits per heavy atom. The number of carbonyl (C=O) groups is 1. The van der Waals surface area contributed by atoms with Gasteiger partial charge in [-0.15, -0.1) is 0 Å². The molecule has 5 rings (SSSR count). The lowest BCUT2D eigenvalue weighted by atomic mass is 10.0. The summed E-state index contributed by atoms with van der Waals surface area (Å²) in [7, 11) is 1.58. The number of nitrogens with zero attached hydrogens (tertiary/aromatic N) is 3. The van der Waals surface area contributed by atoms with E-state index in [1.54, 1.807) is 13.2 Å². The number of hydrogen-bond acceptors (Lipinski definition) is 6. The van der Waals surface area contributed by atoms with Crippen LogP contribution in [0.1, 0.15) is 27.0 Å². The molecule has 2 heterocycles. The summed E-state index contributed by atoms with van der Waals surface area (Å²) in [5, 5.41) is 4.51. The van der Waals surface area contributed by atoms with Crippen LogP contribution in [0, 0.1) is 6.92 Å². The molecule has 1 aliphatic heterocycles. The molecule has 37 heavy (non-hydrogen) atoms. The molecular weight excluding hydrogens is 466 g/mol. The van der Waals surface area contributed by atoms with E-state index in [-0.39, 0.29) is 5.91 Å². The van der Waals surface area contributed by atoms with Crippen LogP contribution in [0.4, 0.5) is 5.88 Å². The monoisotopic (exact) mass is 497 g/mol. The fourth-order valence-electron chi connectivity index (χ4n) is 4.66. The Morgan fingerprint density at radius 2 is 1.73 bits per heavy atom. The second-order valence-electron chi connectivity index (χ2n) is 9.13. The van der Waals surface area contributed by atoms with Gasteiger partial charge in [-0.1, -0.05) is 71.4 Å². The van der Waals surface area contributed by atoms with Crippen LogP contribution in [0.2, 0.25) is 0 Å². The maximum absolute atomic E-state index is 14.0. The van der Waals surface area contributed by atoms with E-state index < -0.39 is 0 Å². The van der Waals surface area contributed by atoms with Gasteiger partial charge in [-0.3, -0.25) is 4.79 Å². The molecular formula is C30H31N3O4. The molecule has 0 bridgehead atoms. The molecule has 0 unspecified atom stereocenters. The minimum atomic E-state index is -0.120. The number of para-hydroxylation sites is 1. The number of morpholine rings is 1. The van der Waals surface area contributed by atoms with E-state index in [0.717, 1.165) is 27.9 Å². The fourth-order valence-corrected chi connectivity index (χ4v) is 4.66. The van der Waals surface area contributed by atoms with Crippen LogP contribution in [-0.2, 0) is 17.8 Å². The molecule has 7 heteroatoms. The second-order valence-corrected chi connectivity index (χ2v) is 9.13. The summed E-state index contributed by atoms with van der Waals surface area (Å²) in [5.74, 6) is 1.11. The average Bonchev–Trinajstić information content (AvgIpc) is 3.37. The van der Waals surface area contributed by atoms with Crippen molar-refractivity contribution in [1.29, 1.82) is 0 Å². The predicted molar refractivity (Wildman–Crippen MR) is 143 cm³/mol. The zero-order valence-electron chi connectivity index (χ0n) is 21.2. The highest BCUT2D eigenvalue weighted by Gasteiger charge is 2.28. The summed E-state index contributed by atoms with van der Waals surface area (Å²) < 4.78 is 17.1. The minimum absolute atomic E-state index is 0.120. The first-order valence-corrected chi connectivity index (χ1v) is 12.5. The lowest BCUT2D eigenvalue weighted by Crippen LogP contribution is -2.37. The SMILES string of the molecule is COc1ccccc1C(=O)N(Cc1ccccc1)Cc1c(-c2cccc(C)c2)noc1N1CCOCC1. The van der Waals surface area contributed by atoms with E-state index in [2.05, 4.69) is 29.1 Å². The number of benzene rings is 3. The lowest BCUT2D eigenvalue weighted by molar-refractivity contribution is 0.0726. The predicted octanol–water partition coefficient (Wildman–Crippen LogP) is 5.34. The van der Waals surface area contributed by atoms with Gasteiger partial charge in [-0.05, 0) is 30.7 Å². The molecule has 7 nitrogen and oxygen atoms in total. The van der Waals surface area contributed by atoms with Crippen LogP contribution in [0.15, 0.2) is 83.4 Å². The Labute approximate surface area is 217 Å². The first kappa shape index (κ1) is 24.6. The number of methoxy groups -OCH3 is 1. The van der Waals surface area contributed by atoms with Gasteiger partial charge in [0.1, 0.15) is 11.4 Å². The lowest BCUT2D eigenvalue weighted by Gasteiger charge is -2.29. The number of carbonyl (C=O) groups excluding carboxylic acids is 1. The molecule has 0 aliphatic carbocycles. The number of amides is 1. The van der Waals surface area contributed by atoms with Gasteiger partial charge in [-0.25, -0.2) is 0 Å². The van der Waals surface area contributed by atoms with Crippen LogP contribution < -0.4 is 9.64 Å². The smallest absolute Gasteiger partial charge is 0.258 e. The van der Waals surface area contributed by atoms with Crippen molar-refractivity contribution in [3.05, 3.63) is 101 Å². The summed E-state index contributed by atoms with van der Waals surface area (Å²) in [6.07, 6.45) is 0. The van der Waals surface area contributed by atoms with Gasteiger partial charge in [0.25, 0.3) is 5.91 Å². The van der Waals surface area contributed by atoms with Gasteiger partial charge < -0.3 is 23.8 Å².